The number of fused-ring (bicyclic) bond motifs is 1. The number of amides is 1. The third-order valence-corrected chi connectivity index (χ3v) is 4.72. The van der Waals surface area contributed by atoms with Crippen molar-refractivity contribution in [1.29, 1.82) is 0 Å². The number of carbonyl (C=O) groups excluding carboxylic acids is 1. The van der Waals surface area contributed by atoms with E-state index in [2.05, 4.69) is 6.58 Å². The molecule has 0 atom stereocenters. The maximum absolute atomic E-state index is 13.0. The van der Waals surface area contributed by atoms with Crippen LogP contribution in [-0.4, -0.2) is 43.6 Å². The lowest BCUT2D eigenvalue weighted by Crippen LogP contribution is -2.34. The van der Waals surface area contributed by atoms with E-state index in [4.69, 9.17) is 14.2 Å². The van der Waals surface area contributed by atoms with Crippen LogP contribution in [0.5, 0.6) is 17.2 Å². The van der Waals surface area contributed by atoms with E-state index in [1.165, 1.54) is 37.3 Å². The zero-order valence-corrected chi connectivity index (χ0v) is 15.9. The number of hydrogen-bond donors (Lipinski definition) is 0. The molecule has 0 spiro atoms. The number of nitrogens with zero attached hydrogens (tertiary/aromatic N) is 2. The molecule has 0 unspecified atom stereocenters. The minimum Gasteiger partial charge on any atom is -0.493 e. The second-order valence-electron chi connectivity index (χ2n) is 6.16. The van der Waals surface area contributed by atoms with Crippen molar-refractivity contribution in [3.8, 4) is 17.2 Å². The number of methoxy groups -OCH3 is 3. The molecule has 28 heavy (non-hydrogen) atoms. The molecule has 0 bridgehead atoms. The largest absolute Gasteiger partial charge is 0.493 e. The van der Waals surface area contributed by atoms with Gasteiger partial charge in [-0.3, -0.25) is 14.9 Å². The molecule has 1 heterocycles. The van der Waals surface area contributed by atoms with Crippen LogP contribution in [0, 0.1) is 10.1 Å². The van der Waals surface area contributed by atoms with Gasteiger partial charge >= 0.3 is 5.69 Å². The molecule has 1 aliphatic rings. The molecule has 0 fully saturated rings. The van der Waals surface area contributed by atoms with Crippen molar-refractivity contribution in [3.63, 3.8) is 0 Å². The predicted octanol–water partition coefficient (Wildman–Crippen LogP) is 3.29. The van der Waals surface area contributed by atoms with E-state index in [0.717, 1.165) is 11.1 Å². The van der Waals surface area contributed by atoms with Crippen molar-refractivity contribution in [2.75, 3.05) is 27.9 Å². The molecule has 0 N–H and O–H groups in total. The van der Waals surface area contributed by atoms with Gasteiger partial charge in [0.1, 0.15) is 0 Å². The summed E-state index contributed by atoms with van der Waals surface area (Å²) in [5.74, 6) is 0.883. The maximum atomic E-state index is 13.0. The first kappa shape index (κ1) is 19.2. The summed E-state index contributed by atoms with van der Waals surface area (Å²) in [7, 11) is 4.44. The van der Waals surface area contributed by atoms with Crippen LogP contribution in [0.1, 0.15) is 21.5 Å². The van der Waals surface area contributed by atoms with Crippen molar-refractivity contribution < 1.29 is 23.9 Å². The van der Waals surface area contributed by atoms with Gasteiger partial charge in [-0.2, -0.15) is 0 Å². The average molecular weight is 384 g/mol. The summed E-state index contributed by atoms with van der Waals surface area (Å²) >= 11 is 0. The molecule has 1 aliphatic heterocycles. The van der Waals surface area contributed by atoms with E-state index < -0.39 is 4.92 Å². The van der Waals surface area contributed by atoms with Gasteiger partial charge in [-0.1, -0.05) is 6.58 Å². The number of hydrogen-bond acceptors (Lipinski definition) is 6. The van der Waals surface area contributed by atoms with Gasteiger partial charge in [-0.25, -0.2) is 0 Å². The number of nitro groups is 1. The fourth-order valence-electron chi connectivity index (χ4n) is 3.25. The maximum Gasteiger partial charge on any atom is 0.311 e. The van der Waals surface area contributed by atoms with Gasteiger partial charge in [0.05, 0.1) is 26.3 Å². The summed E-state index contributed by atoms with van der Waals surface area (Å²) in [6.07, 6.45) is 0.596. The Morgan fingerprint density at radius 3 is 2.32 bits per heavy atom. The Kier molecular flexibility index (Phi) is 5.21. The summed E-state index contributed by atoms with van der Waals surface area (Å²) in [4.78, 5) is 25.2. The Bertz CT molecular complexity index is 969. The highest BCUT2D eigenvalue weighted by Gasteiger charge is 2.28. The van der Waals surface area contributed by atoms with Crippen molar-refractivity contribution in [1.82, 2.24) is 4.90 Å². The minimum atomic E-state index is -0.576. The fourth-order valence-corrected chi connectivity index (χ4v) is 3.25. The molecule has 0 saturated heterocycles. The molecule has 8 nitrogen and oxygen atoms in total. The first-order valence-corrected chi connectivity index (χ1v) is 8.49. The zero-order valence-electron chi connectivity index (χ0n) is 15.9. The Morgan fingerprint density at radius 2 is 1.71 bits per heavy atom. The number of benzene rings is 2. The lowest BCUT2D eigenvalue weighted by atomic mass is 9.95. The van der Waals surface area contributed by atoms with Crippen LogP contribution >= 0.6 is 0 Å². The van der Waals surface area contributed by atoms with Crippen LogP contribution in [0.3, 0.4) is 0 Å². The highest BCUT2D eigenvalue weighted by molar-refractivity contribution is 6.00. The molecular weight excluding hydrogens is 364 g/mol. The Labute approximate surface area is 162 Å². The smallest absolute Gasteiger partial charge is 0.311 e. The number of carbonyl (C=O) groups is 1. The normalized spacial score (nSPS) is 13.0. The van der Waals surface area contributed by atoms with E-state index in [1.807, 2.05) is 6.07 Å². The molecule has 2 aromatic carbocycles. The van der Waals surface area contributed by atoms with Gasteiger partial charge in [-0.05, 0) is 36.2 Å². The van der Waals surface area contributed by atoms with E-state index in [9.17, 15) is 14.9 Å². The van der Waals surface area contributed by atoms with E-state index in [1.54, 1.807) is 13.2 Å². The minimum absolute atomic E-state index is 0.0983. The van der Waals surface area contributed by atoms with Crippen molar-refractivity contribution in [2.45, 2.75) is 6.42 Å². The molecular formula is C20H20N2O6. The SMILES string of the molecule is C=C1c2cc(OC)c(OC)cc2CCN1C(=O)c1ccc(OC)c([N+](=O)[O-])c1. The van der Waals surface area contributed by atoms with Crippen LogP contribution < -0.4 is 14.2 Å². The number of nitro benzene ring substituents is 1. The predicted molar refractivity (Wildman–Crippen MR) is 103 cm³/mol. The van der Waals surface area contributed by atoms with Crippen molar-refractivity contribution >= 4 is 17.3 Å². The quantitative estimate of drug-likeness (QED) is 0.580. The molecule has 146 valence electrons. The topological polar surface area (TPSA) is 91.1 Å². The summed E-state index contributed by atoms with van der Waals surface area (Å²) in [6.45, 7) is 4.46. The van der Waals surface area contributed by atoms with Gasteiger partial charge in [0.25, 0.3) is 5.91 Å². The zero-order chi connectivity index (χ0) is 20.4. The Balaban J connectivity index is 1.96. The lowest BCUT2D eigenvalue weighted by molar-refractivity contribution is -0.385. The van der Waals surface area contributed by atoms with Crippen LogP contribution in [-0.2, 0) is 6.42 Å². The third kappa shape index (κ3) is 3.24. The molecule has 8 heteroatoms. The Hall–Kier alpha value is -3.55. The second kappa shape index (κ2) is 7.59. The van der Waals surface area contributed by atoms with E-state index in [0.29, 0.717) is 30.2 Å². The first-order chi connectivity index (χ1) is 13.4. The standard InChI is InChI=1S/C20H20N2O6/c1-12-15-11-19(28-4)18(27-3)10-13(15)7-8-21(12)20(23)14-5-6-17(26-2)16(9-14)22(24)25/h5-6,9-11H,1,7-8H2,2-4H3. The van der Waals surface area contributed by atoms with Gasteiger partial charge in [-0.15, -0.1) is 0 Å². The van der Waals surface area contributed by atoms with Crippen LogP contribution in [0.25, 0.3) is 5.70 Å². The van der Waals surface area contributed by atoms with Gasteiger partial charge in [0.2, 0.25) is 0 Å². The summed E-state index contributed by atoms with van der Waals surface area (Å²) < 4.78 is 15.7. The number of rotatable bonds is 5. The molecule has 1 amide bonds. The molecule has 0 saturated carbocycles. The fraction of sp³-hybridized carbons (Fsp3) is 0.250. The molecule has 0 radical (unpaired) electrons. The second-order valence-corrected chi connectivity index (χ2v) is 6.16. The van der Waals surface area contributed by atoms with Gasteiger partial charge in [0, 0.05) is 29.4 Å². The summed E-state index contributed by atoms with van der Waals surface area (Å²) in [5, 5.41) is 11.2. The summed E-state index contributed by atoms with van der Waals surface area (Å²) in [6, 6.07) is 7.80. The molecule has 2 aromatic rings. The Morgan fingerprint density at radius 1 is 1.07 bits per heavy atom. The third-order valence-electron chi connectivity index (χ3n) is 4.72. The molecule has 0 aliphatic carbocycles. The van der Waals surface area contributed by atoms with Crippen LogP contribution in [0.2, 0.25) is 0 Å². The van der Waals surface area contributed by atoms with Gasteiger partial charge < -0.3 is 19.1 Å². The van der Waals surface area contributed by atoms with E-state index in [-0.39, 0.29) is 22.9 Å². The first-order valence-electron chi connectivity index (χ1n) is 8.49. The number of ether oxygens (including phenoxy) is 3. The van der Waals surface area contributed by atoms with Crippen LogP contribution in [0.4, 0.5) is 5.69 Å². The monoisotopic (exact) mass is 384 g/mol. The molecule has 0 aromatic heterocycles. The lowest BCUT2D eigenvalue weighted by Gasteiger charge is -2.31. The van der Waals surface area contributed by atoms with Crippen molar-refractivity contribution in [3.05, 3.63) is 63.7 Å². The summed E-state index contributed by atoms with van der Waals surface area (Å²) in [5.41, 5.74) is 2.21. The molecule has 3 rings (SSSR count). The average Bonchev–Trinajstić information content (AvgIpc) is 2.72. The van der Waals surface area contributed by atoms with Crippen LogP contribution in [0.15, 0.2) is 36.9 Å². The highest BCUT2D eigenvalue weighted by atomic mass is 16.6. The van der Waals surface area contributed by atoms with E-state index >= 15 is 0 Å². The highest BCUT2D eigenvalue weighted by Crippen LogP contribution is 2.38. The van der Waals surface area contributed by atoms with Crippen molar-refractivity contribution in [2.24, 2.45) is 0 Å². The van der Waals surface area contributed by atoms with Gasteiger partial charge in [0.15, 0.2) is 17.2 Å².